The smallest absolute Gasteiger partial charge is 0.406 e. The minimum Gasteiger partial charge on any atom is -0.406 e. The summed E-state index contributed by atoms with van der Waals surface area (Å²) in [7, 11) is 0. The topological polar surface area (TPSA) is 67.3 Å². The number of hydrogen-bond donors (Lipinski definition) is 1. The molecule has 1 aliphatic rings. The third kappa shape index (κ3) is 5.57. The lowest BCUT2D eigenvalue weighted by molar-refractivity contribution is -0.274. The molecule has 1 amide bonds. The summed E-state index contributed by atoms with van der Waals surface area (Å²) in [4.78, 5) is 22.7. The van der Waals surface area contributed by atoms with E-state index in [1.807, 2.05) is 0 Å². The average Bonchev–Trinajstić information content (AvgIpc) is 2.67. The van der Waals surface area contributed by atoms with Gasteiger partial charge < -0.3 is 15.0 Å². The fraction of sp³-hybridized carbons (Fsp3) is 0.389. The zero-order chi connectivity index (χ0) is 19.3. The van der Waals surface area contributed by atoms with E-state index in [1.54, 1.807) is 18.6 Å². The van der Waals surface area contributed by atoms with Crippen molar-refractivity contribution in [3.63, 3.8) is 0 Å². The molecule has 0 aliphatic carbocycles. The van der Waals surface area contributed by atoms with Crippen molar-refractivity contribution in [2.45, 2.75) is 25.7 Å². The second-order valence-corrected chi connectivity index (χ2v) is 6.23. The quantitative estimate of drug-likeness (QED) is 0.864. The summed E-state index contributed by atoms with van der Waals surface area (Å²) in [6.07, 6.45) is 1.66. The second kappa shape index (κ2) is 8.24. The Morgan fingerprint density at radius 3 is 2.48 bits per heavy atom. The number of nitrogens with one attached hydrogen (secondary N) is 1. The van der Waals surface area contributed by atoms with Crippen LogP contribution in [0.15, 0.2) is 42.9 Å². The van der Waals surface area contributed by atoms with E-state index < -0.39 is 6.36 Å². The number of carbonyl (C=O) groups excluding carboxylic acids is 1. The van der Waals surface area contributed by atoms with Gasteiger partial charge in [0.1, 0.15) is 11.6 Å². The van der Waals surface area contributed by atoms with Gasteiger partial charge in [-0.05, 0) is 30.5 Å². The van der Waals surface area contributed by atoms with Crippen LogP contribution in [0, 0.1) is 5.92 Å². The van der Waals surface area contributed by atoms with Gasteiger partial charge in [0.05, 0.1) is 6.20 Å². The van der Waals surface area contributed by atoms with Gasteiger partial charge in [-0.2, -0.15) is 0 Å². The molecule has 1 saturated heterocycles. The highest BCUT2D eigenvalue weighted by molar-refractivity contribution is 5.79. The molecule has 1 N–H and O–H groups in total. The molecule has 2 heterocycles. The van der Waals surface area contributed by atoms with Gasteiger partial charge in [-0.15, -0.1) is 13.2 Å². The maximum Gasteiger partial charge on any atom is 0.573 e. The second-order valence-electron chi connectivity index (χ2n) is 6.23. The summed E-state index contributed by atoms with van der Waals surface area (Å²) < 4.78 is 40.3. The Hall–Kier alpha value is -2.84. The molecule has 9 heteroatoms. The molecule has 3 rings (SSSR count). The standard InChI is InChI=1S/C18H19F3N4O2/c19-18(20,21)27-15-3-1-13(2-4-15)11-24-17(26)14-5-9-25(10-6-14)16-12-22-7-8-23-16/h1-4,7-8,12,14H,5-6,9-11H2,(H,24,26). The first kappa shape index (κ1) is 18.9. The molecule has 1 aromatic carbocycles. The predicted molar refractivity (Wildman–Crippen MR) is 91.9 cm³/mol. The normalized spacial score (nSPS) is 15.4. The lowest BCUT2D eigenvalue weighted by Crippen LogP contribution is -2.40. The lowest BCUT2D eigenvalue weighted by Gasteiger charge is -2.31. The van der Waals surface area contributed by atoms with Crippen LogP contribution in [0.5, 0.6) is 5.75 Å². The Bertz CT molecular complexity index is 745. The monoisotopic (exact) mass is 380 g/mol. The van der Waals surface area contributed by atoms with Gasteiger partial charge >= 0.3 is 6.36 Å². The van der Waals surface area contributed by atoms with Crippen LogP contribution in [0.4, 0.5) is 19.0 Å². The van der Waals surface area contributed by atoms with Crippen molar-refractivity contribution in [1.82, 2.24) is 15.3 Å². The van der Waals surface area contributed by atoms with E-state index in [2.05, 4.69) is 24.9 Å². The van der Waals surface area contributed by atoms with E-state index in [0.29, 0.717) is 18.4 Å². The molecule has 1 fully saturated rings. The Kier molecular flexibility index (Phi) is 5.78. The number of hydrogen-bond acceptors (Lipinski definition) is 5. The third-order valence-electron chi connectivity index (χ3n) is 4.36. The third-order valence-corrected chi connectivity index (χ3v) is 4.36. The van der Waals surface area contributed by atoms with Gasteiger partial charge in [0, 0.05) is 37.9 Å². The Morgan fingerprint density at radius 1 is 1.19 bits per heavy atom. The molecule has 1 aliphatic heterocycles. The average molecular weight is 380 g/mol. The van der Waals surface area contributed by atoms with Crippen LogP contribution in [0.25, 0.3) is 0 Å². The van der Waals surface area contributed by atoms with E-state index in [0.717, 1.165) is 18.9 Å². The number of nitrogens with zero attached hydrogens (tertiary/aromatic N) is 3. The first-order valence-electron chi connectivity index (χ1n) is 8.54. The number of aromatic nitrogens is 2. The van der Waals surface area contributed by atoms with E-state index >= 15 is 0 Å². The Morgan fingerprint density at radius 2 is 1.89 bits per heavy atom. The molecule has 0 atom stereocenters. The minimum absolute atomic E-state index is 0.0515. The number of amides is 1. The van der Waals surface area contributed by atoms with Crippen LogP contribution >= 0.6 is 0 Å². The highest BCUT2D eigenvalue weighted by Crippen LogP contribution is 2.23. The molecular weight excluding hydrogens is 361 g/mol. The van der Waals surface area contributed by atoms with Crippen molar-refractivity contribution in [2.75, 3.05) is 18.0 Å². The number of rotatable bonds is 5. The Labute approximate surface area is 154 Å². The summed E-state index contributed by atoms with van der Waals surface area (Å²) >= 11 is 0. The molecular formula is C18H19F3N4O2. The molecule has 0 unspecified atom stereocenters. The first-order valence-corrected chi connectivity index (χ1v) is 8.54. The van der Waals surface area contributed by atoms with E-state index in [4.69, 9.17) is 0 Å². The summed E-state index contributed by atoms with van der Waals surface area (Å²) in [6.45, 7) is 1.70. The van der Waals surface area contributed by atoms with Crippen LogP contribution in [-0.4, -0.2) is 35.3 Å². The molecule has 0 saturated carbocycles. The molecule has 0 bridgehead atoms. The lowest BCUT2D eigenvalue weighted by atomic mass is 9.96. The van der Waals surface area contributed by atoms with Gasteiger partial charge in [-0.25, -0.2) is 4.98 Å². The fourth-order valence-electron chi connectivity index (χ4n) is 2.97. The van der Waals surface area contributed by atoms with Crippen molar-refractivity contribution in [3.8, 4) is 5.75 Å². The summed E-state index contributed by atoms with van der Waals surface area (Å²) in [5.74, 6) is 0.377. The number of piperidine rings is 1. The van der Waals surface area contributed by atoms with E-state index in [-0.39, 0.29) is 24.1 Å². The molecule has 1 aromatic heterocycles. The van der Waals surface area contributed by atoms with Crippen molar-refractivity contribution in [3.05, 3.63) is 48.4 Å². The van der Waals surface area contributed by atoms with E-state index in [1.165, 1.54) is 24.3 Å². The molecule has 2 aromatic rings. The van der Waals surface area contributed by atoms with Crippen LogP contribution in [0.3, 0.4) is 0 Å². The van der Waals surface area contributed by atoms with Gasteiger partial charge in [0.25, 0.3) is 0 Å². The van der Waals surface area contributed by atoms with Crippen LogP contribution in [0.2, 0.25) is 0 Å². The molecule has 27 heavy (non-hydrogen) atoms. The molecule has 0 spiro atoms. The highest BCUT2D eigenvalue weighted by Gasteiger charge is 2.31. The largest absolute Gasteiger partial charge is 0.573 e. The number of benzene rings is 1. The molecule has 0 radical (unpaired) electrons. The van der Waals surface area contributed by atoms with Crippen molar-refractivity contribution < 1.29 is 22.7 Å². The summed E-state index contributed by atoms with van der Waals surface area (Å²) in [6, 6.07) is 5.46. The van der Waals surface area contributed by atoms with E-state index in [9.17, 15) is 18.0 Å². The zero-order valence-electron chi connectivity index (χ0n) is 14.4. The summed E-state index contributed by atoms with van der Waals surface area (Å²) in [5.41, 5.74) is 0.704. The number of halogens is 3. The van der Waals surface area contributed by atoms with Crippen LogP contribution in [0.1, 0.15) is 18.4 Å². The van der Waals surface area contributed by atoms with Gasteiger partial charge in [0.15, 0.2) is 0 Å². The number of carbonyl (C=O) groups is 1. The van der Waals surface area contributed by atoms with Gasteiger partial charge in [-0.3, -0.25) is 9.78 Å². The highest BCUT2D eigenvalue weighted by atomic mass is 19.4. The van der Waals surface area contributed by atoms with Gasteiger partial charge in [-0.1, -0.05) is 12.1 Å². The van der Waals surface area contributed by atoms with Crippen molar-refractivity contribution >= 4 is 11.7 Å². The van der Waals surface area contributed by atoms with Crippen molar-refractivity contribution in [1.29, 1.82) is 0 Å². The molecule has 6 nitrogen and oxygen atoms in total. The fourth-order valence-corrected chi connectivity index (χ4v) is 2.97. The summed E-state index contributed by atoms with van der Waals surface area (Å²) in [5, 5.41) is 2.84. The first-order chi connectivity index (χ1) is 12.9. The number of ether oxygens (including phenoxy) is 1. The van der Waals surface area contributed by atoms with Gasteiger partial charge in [0.2, 0.25) is 5.91 Å². The number of alkyl halides is 3. The molecule has 144 valence electrons. The SMILES string of the molecule is O=C(NCc1ccc(OC(F)(F)F)cc1)C1CCN(c2cnccn2)CC1. The predicted octanol–water partition coefficient (Wildman–Crippen LogP) is 2.91. The van der Waals surface area contributed by atoms with Crippen molar-refractivity contribution in [2.24, 2.45) is 5.92 Å². The van der Waals surface area contributed by atoms with Crippen LogP contribution in [-0.2, 0) is 11.3 Å². The zero-order valence-corrected chi connectivity index (χ0v) is 14.4. The maximum absolute atomic E-state index is 12.3. The van der Waals surface area contributed by atoms with Crippen LogP contribution < -0.4 is 15.0 Å². The maximum atomic E-state index is 12.3. The Balaban J connectivity index is 1.45. The minimum atomic E-state index is -4.71. The number of anilines is 1.